The van der Waals surface area contributed by atoms with E-state index < -0.39 is 6.80 Å². The third-order valence-corrected chi connectivity index (χ3v) is 5.03. The van der Waals surface area contributed by atoms with Crippen molar-refractivity contribution in [3.63, 3.8) is 0 Å². The Morgan fingerprint density at radius 3 is 2.27 bits per heavy atom. The van der Waals surface area contributed by atoms with Crippen LogP contribution in [0.25, 0.3) is 0 Å². The van der Waals surface area contributed by atoms with Crippen LogP contribution in [-0.2, 0) is 13.6 Å². The summed E-state index contributed by atoms with van der Waals surface area (Å²) in [6.07, 6.45) is 0. The molecule has 1 aliphatic heterocycles. The van der Waals surface area contributed by atoms with Crippen molar-refractivity contribution < 1.29 is 13.6 Å². The van der Waals surface area contributed by atoms with Crippen molar-refractivity contribution in [3.8, 4) is 0 Å². The van der Waals surface area contributed by atoms with Crippen molar-refractivity contribution in [2.75, 3.05) is 13.2 Å². The standard InChI is InChI=1S/C5H10ClO3PS/c1-5(2)3-8-10(7,11-6)9-4-5/h3-4H2,1-2H3. The van der Waals surface area contributed by atoms with Gasteiger partial charge in [-0.15, -0.1) is 0 Å². The molecular weight excluding hydrogens is 207 g/mol. The number of hydrogen-bond acceptors (Lipinski definition) is 4. The Bertz CT molecular complexity index is 182. The van der Waals surface area contributed by atoms with Gasteiger partial charge in [0.1, 0.15) is 0 Å². The van der Waals surface area contributed by atoms with E-state index in [-0.39, 0.29) is 5.41 Å². The lowest BCUT2D eigenvalue weighted by molar-refractivity contribution is 0.0502. The second kappa shape index (κ2) is 3.27. The highest BCUT2D eigenvalue weighted by Crippen LogP contribution is 2.65. The van der Waals surface area contributed by atoms with E-state index >= 15 is 0 Å². The molecule has 11 heavy (non-hydrogen) atoms. The maximum Gasteiger partial charge on any atom is 0.404 e. The van der Waals surface area contributed by atoms with Gasteiger partial charge in [0.2, 0.25) is 0 Å². The van der Waals surface area contributed by atoms with Gasteiger partial charge in [-0.3, -0.25) is 9.05 Å². The van der Waals surface area contributed by atoms with E-state index in [1.165, 1.54) is 0 Å². The maximum atomic E-state index is 11.3. The molecule has 0 aromatic rings. The lowest BCUT2D eigenvalue weighted by Crippen LogP contribution is -2.28. The molecule has 1 aliphatic rings. The predicted molar refractivity (Wildman–Crippen MR) is 46.7 cm³/mol. The van der Waals surface area contributed by atoms with Crippen molar-refractivity contribution in [1.82, 2.24) is 0 Å². The van der Waals surface area contributed by atoms with Crippen LogP contribution in [0.4, 0.5) is 0 Å². The van der Waals surface area contributed by atoms with Crippen molar-refractivity contribution in [1.29, 1.82) is 0 Å². The normalized spacial score (nSPS) is 28.3. The molecule has 1 rings (SSSR count). The molecule has 0 amide bonds. The molecule has 1 heterocycles. The van der Waals surface area contributed by atoms with E-state index in [1.807, 2.05) is 13.8 Å². The largest absolute Gasteiger partial charge is 0.404 e. The minimum absolute atomic E-state index is 0.0550. The molecule has 0 bridgehead atoms. The second-order valence-corrected chi connectivity index (χ2v) is 7.77. The summed E-state index contributed by atoms with van der Waals surface area (Å²) in [5.41, 5.74) is -0.0550. The predicted octanol–water partition coefficient (Wildman–Crippen LogP) is 3.05. The Labute approximate surface area is 74.6 Å². The summed E-state index contributed by atoms with van der Waals surface area (Å²) in [6.45, 7) is 1.84. The van der Waals surface area contributed by atoms with Crippen LogP contribution in [0.2, 0.25) is 0 Å². The maximum absolute atomic E-state index is 11.3. The van der Waals surface area contributed by atoms with Crippen molar-refractivity contribution >= 4 is 28.1 Å². The summed E-state index contributed by atoms with van der Waals surface area (Å²) in [7, 11) is 5.95. The molecule has 3 nitrogen and oxygen atoms in total. The molecule has 1 saturated heterocycles. The van der Waals surface area contributed by atoms with Gasteiger partial charge in [-0.25, -0.2) is 4.57 Å². The molecule has 0 aliphatic carbocycles. The number of rotatable bonds is 1. The monoisotopic (exact) mass is 216 g/mol. The van der Waals surface area contributed by atoms with Crippen molar-refractivity contribution in [2.24, 2.45) is 5.41 Å². The Morgan fingerprint density at radius 2 is 1.91 bits per heavy atom. The fourth-order valence-corrected chi connectivity index (χ4v) is 3.07. The first-order chi connectivity index (χ1) is 4.97. The minimum atomic E-state index is -2.99. The zero-order valence-electron chi connectivity index (χ0n) is 6.37. The number of hydrogen-bond donors (Lipinski definition) is 0. The van der Waals surface area contributed by atoms with Gasteiger partial charge in [0.15, 0.2) is 0 Å². The second-order valence-electron chi connectivity index (χ2n) is 3.23. The molecule has 1 fully saturated rings. The van der Waals surface area contributed by atoms with Gasteiger partial charge in [-0.2, -0.15) is 0 Å². The Morgan fingerprint density at radius 1 is 1.45 bits per heavy atom. The van der Waals surface area contributed by atoms with Crippen LogP contribution >= 0.6 is 28.1 Å². The highest BCUT2D eigenvalue weighted by molar-refractivity contribution is 8.66. The quantitative estimate of drug-likeness (QED) is 0.631. The molecule has 0 aromatic heterocycles. The Balaban J connectivity index is 2.55. The summed E-state index contributed by atoms with van der Waals surface area (Å²) >= 11 is 0. The van der Waals surface area contributed by atoms with Gasteiger partial charge in [0.25, 0.3) is 0 Å². The van der Waals surface area contributed by atoms with Gasteiger partial charge in [0, 0.05) is 5.41 Å². The van der Waals surface area contributed by atoms with Crippen LogP contribution in [-0.4, -0.2) is 13.2 Å². The van der Waals surface area contributed by atoms with E-state index in [1.54, 1.807) is 0 Å². The van der Waals surface area contributed by atoms with Crippen molar-refractivity contribution in [2.45, 2.75) is 13.8 Å². The van der Waals surface area contributed by atoms with Crippen molar-refractivity contribution in [3.05, 3.63) is 0 Å². The first-order valence-electron chi connectivity index (χ1n) is 3.17. The lowest BCUT2D eigenvalue weighted by atomic mass is 9.97. The minimum Gasteiger partial charge on any atom is -0.299 e. The van der Waals surface area contributed by atoms with Crippen LogP contribution in [0.3, 0.4) is 0 Å². The van der Waals surface area contributed by atoms with Crippen LogP contribution in [0.1, 0.15) is 13.8 Å². The zero-order chi connectivity index (χ0) is 8.54. The average molecular weight is 217 g/mol. The van der Waals surface area contributed by atoms with E-state index in [0.717, 1.165) is 0 Å². The molecule has 0 saturated carbocycles. The lowest BCUT2D eigenvalue weighted by Gasteiger charge is -2.32. The average Bonchev–Trinajstić information content (AvgIpc) is 1.97. The Hall–Kier alpha value is 0.790. The highest BCUT2D eigenvalue weighted by Gasteiger charge is 2.36. The fraction of sp³-hybridized carbons (Fsp3) is 1.00. The van der Waals surface area contributed by atoms with Crippen LogP contribution < -0.4 is 0 Å². The third kappa shape index (κ3) is 2.63. The molecular formula is C5H10ClO3PS. The molecule has 0 N–H and O–H groups in total. The van der Waals surface area contributed by atoms with Gasteiger partial charge in [0.05, 0.1) is 23.8 Å². The molecule has 0 unspecified atom stereocenters. The van der Waals surface area contributed by atoms with E-state index in [0.29, 0.717) is 23.8 Å². The van der Waals surface area contributed by atoms with E-state index in [9.17, 15) is 4.57 Å². The zero-order valence-corrected chi connectivity index (χ0v) is 8.84. The van der Waals surface area contributed by atoms with Gasteiger partial charge < -0.3 is 0 Å². The molecule has 0 aromatic carbocycles. The summed E-state index contributed by atoms with van der Waals surface area (Å²) < 4.78 is 21.3. The van der Waals surface area contributed by atoms with E-state index in [4.69, 9.17) is 19.7 Å². The molecule has 6 heteroatoms. The molecule has 0 atom stereocenters. The third-order valence-electron chi connectivity index (χ3n) is 1.31. The van der Waals surface area contributed by atoms with Crippen LogP contribution in [0.15, 0.2) is 0 Å². The van der Waals surface area contributed by atoms with Gasteiger partial charge in [-0.1, -0.05) is 13.8 Å². The summed E-state index contributed by atoms with van der Waals surface area (Å²) in [6, 6.07) is 0. The molecule has 66 valence electrons. The highest BCUT2D eigenvalue weighted by atomic mass is 35.7. The summed E-state index contributed by atoms with van der Waals surface area (Å²) in [5.74, 6) is 0. The molecule has 0 radical (unpaired) electrons. The van der Waals surface area contributed by atoms with E-state index in [2.05, 4.69) is 0 Å². The fourth-order valence-electron chi connectivity index (χ4n) is 0.626. The SMILES string of the molecule is CC1(C)COP(=O)(SCl)OC1. The Kier molecular flexibility index (Phi) is 2.93. The summed E-state index contributed by atoms with van der Waals surface area (Å²) in [4.78, 5) is 0. The smallest absolute Gasteiger partial charge is 0.299 e. The van der Waals surface area contributed by atoms with Crippen LogP contribution in [0, 0.1) is 5.41 Å². The summed E-state index contributed by atoms with van der Waals surface area (Å²) in [5, 5.41) is 0. The topological polar surface area (TPSA) is 35.5 Å². The van der Waals surface area contributed by atoms with Crippen LogP contribution in [0.5, 0.6) is 0 Å². The first-order valence-corrected chi connectivity index (χ1v) is 6.96. The number of halogens is 1. The first kappa shape index (κ1) is 9.87. The van der Waals surface area contributed by atoms with Gasteiger partial charge >= 0.3 is 6.80 Å². The van der Waals surface area contributed by atoms with Gasteiger partial charge in [-0.05, 0) is 10.7 Å². The molecule has 0 spiro atoms.